The molecule has 3 rings (SSSR count). The molecule has 0 aromatic heterocycles. The average molecular weight is 390 g/mol. The highest BCUT2D eigenvalue weighted by Gasteiger charge is 2.19. The summed E-state index contributed by atoms with van der Waals surface area (Å²) in [6, 6.07) is 11.7. The first-order valence-corrected chi connectivity index (χ1v) is 10.2. The lowest BCUT2D eigenvalue weighted by atomic mass is 9.90. The fraction of sp³-hybridized carbons (Fsp3) is 0.364. The molecule has 5 heteroatoms. The molecule has 27 heavy (non-hydrogen) atoms. The number of halogens is 2. The molecule has 0 bridgehead atoms. The molecule has 0 fully saturated rings. The first kappa shape index (κ1) is 19.9. The van der Waals surface area contributed by atoms with Gasteiger partial charge in [0.1, 0.15) is 24.0 Å². The van der Waals surface area contributed by atoms with E-state index in [0.717, 1.165) is 18.9 Å². The van der Waals surface area contributed by atoms with E-state index in [1.165, 1.54) is 29.7 Å². The van der Waals surface area contributed by atoms with Gasteiger partial charge in [0.05, 0.1) is 0 Å². The van der Waals surface area contributed by atoms with E-state index in [-0.39, 0.29) is 6.61 Å². The molecule has 1 aliphatic carbocycles. The molecule has 1 aliphatic rings. The Morgan fingerprint density at radius 3 is 2.48 bits per heavy atom. The molecule has 0 aliphatic heterocycles. The Hall–Kier alpha value is -1.85. The molecule has 0 radical (unpaired) electrons. The molecule has 0 heterocycles. The molecule has 0 saturated carbocycles. The number of rotatable bonds is 7. The number of ether oxygens (including phenoxy) is 1. The van der Waals surface area contributed by atoms with E-state index in [0.29, 0.717) is 22.6 Å². The summed E-state index contributed by atoms with van der Waals surface area (Å²) in [4.78, 5) is 0. The van der Waals surface area contributed by atoms with Crippen LogP contribution < -0.4 is 9.46 Å². The Labute approximate surface area is 164 Å². The van der Waals surface area contributed by atoms with Gasteiger partial charge >= 0.3 is 0 Å². The lowest BCUT2D eigenvalue weighted by molar-refractivity contribution is 0.305. The fourth-order valence-electron chi connectivity index (χ4n) is 3.14. The van der Waals surface area contributed by atoms with Crippen molar-refractivity contribution in [2.24, 2.45) is 0 Å². The van der Waals surface area contributed by atoms with Gasteiger partial charge in [0.25, 0.3) is 0 Å². The Balaban J connectivity index is 1.64. The van der Waals surface area contributed by atoms with Crippen LogP contribution in [-0.4, -0.2) is 11.3 Å². The van der Waals surface area contributed by atoms with Gasteiger partial charge in [0.2, 0.25) is 0 Å². The van der Waals surface area contributed by atoms with Gasteiger partial charge in [-0.05, 0) is 60.2 Å². The van der Waals surface area contributed by atoms with Gasteiger partial charge in [-0.1, -0.05) is 44.0 Å². The van der Waals surface area contributed by atoms with E-state index < -0.39 is 11.6 Å². The molecular formula is C22H25F2NOS. The normalized spacial score (nSPS) is 17.1. The van der Waals surface area contributed by atoms with E-state index in [9.17, 15) is 8.78 Å². The highest BCUT2D eigenvalue weighted by atomic mass is 32.2. The molecular weight excluding hydrogens is 364 g/mol. The van der Waals surface area contributed by atoms with Gasteiger partial charge in [-0.25, -0.2) is 8.78 Å². The SMILES string of the molecule is CC(C)SNC1CCCC=C1c1ccc(OCc2cc(F)cc(F)c2)cc1. The van der Waals surface area contributed by atoms with Crippen LogP contribution in [0.1, 0.15) is 44.2 Å². The summed E-state index contributed by atoms with van der Waals surface area (Å²) < 4.78 is 35.8. The van der Waals surface area contributed by atoms with Gasteiger partial charge in [-0.15, -0.1) is 0 Å². The number of benzene rings is 2. The monoisotopic (exact) mass is 389 g/mol. The third-order valence-electron chi connectivity index (χ3n) is 4.40. The van der Waals surface area contributed by atoms with Crippen LogP contribution in [0.2, 0.25) is 0 Å². The van der Waals surface area contributed by atoms with Crippen LogP contribution in [0.4, 0.5) is 8.78 Å². The molecule has 2 aromatic rings. The van der Waals surface area contributed by atoms with Crippen molar-refractivity contribution in [1.82, 2.24) is 4.72 Å². The second kappa shape index (κ2) is 9.38. The fourth-order valence-corrected chi connectivity index (χ4v) is 3.82. The number of hydrogen-bond donors (Lipinski definition) is 1. The van der Waals surface area contributed by atoms with Crippen molar-refractivity contribution in [2.45, 2.75) is 51.0 Å². The van der Waals surface area contributed by atoms with Crippen molar-refractivity contribution in [3.8, 4) is 5.75 Å². The van der Waals surface area contributed by atoms with Gasteiger partial charge in [-0.3, -0.25) is 4.72 Å². The molecule has 2 nitrogen and oxygen atoms in total. The summed E-state index contributed by atoms with van der Waals surface area (Å²) in [5.41, 5.74) is 2.98. The molecule has 144 valence electrons. The first-order valence-electron chi connectivity index (χ1n) is 9.30. The Kier molecular flexibility index (Phi) is 6.91. The number of hydrogen-bond acceptors (Lipinski definition) is 3. The zero-order valence-corrected chi connectivity index (χ0v) is 16.5. The molecule has 0 spiro atoms. The van der Waals surface area contributed by atoms with E-state index in [1.807, 2.05) is 24.3 Å². The molecule has 0 amide bonds. The van der Waals surface area contributed by atoms with Crippen molar-refractivity contribution >= 4 is 17.5 Å². The van der Waals surface area contributed by atoms with E-state index >= 15 is 0 Å². The lowest BCUT2D eigenvalue weighted by Gasteiger charge is -2.26. The van der Waals surface area contributed by atoms with Crippen molar-refractivity contribution in [3.05, 3.63) is 71.3 Å². The minimum absolute atomic E-state index is 0.131. The Bertz CT molecular complexity index is 769. The van der Waals surface area contributed by atoms with Gasteiger partial charge in [0, 0.05) is 17.4 Å². The van der Waals surface area contributed by atoms with Crippen molar-refractivity contribution in [3.63, 3.8) is 0 Å². The third-order valence-corrected chi connectivity index (χ3v) is 5.29. The maximum atomic E-state index is 13.3. The van der Waals surface area contributed by atoms with Crippen LogP contribution in [0.25, 0.3) is 5.57 Å². The second-order valence-electron chi connectivity index (χ2n) is 7.02. The standard InChI is InChI=1S/C22H25F2NOS/c1-15(2)27-25-22-6-4-3-5-21(22)17-7-9-20(10-8-17)26-14-16-11-18(23)13-19(24)12-16/h5,7-13,15,22,25H,3-4,6,14H2,1-2H3. The van der Waals surface area contributed by atoms with E-state index in [1.54, 1.807) is 11.9 Å². The number of allylic oxidation sites excluding steroid dienone is 1. The summed E-state index contributed by atoms with van der Waals surface area (Å²) in [6.45, 7) is 4.49. The number of nitrogens with one attached hydrogen (secondary N) is 1. The van der Waals surface area contributed by atoms with Crippen LogP contribution in [-0.2, 0) is 6.61 Å². The second-order valence-corrected chi connectivity index (χ2v) is 8.43. The van der Waals surface area contributed by atoms with Crippen LogP contribution >= 0.6 is 11.9 Å². The predicted molar refractivity (Wildman–Crippen MR) is 109 cm³/mol. The topological polar surface area (TPSA) is 21.3 Å². The lowest BCUT2D eigenvalue weighted by Crippen LogP contribution is -2.27. The van der Waals surface area contributed by atoms with Gasteiger partial charge < -0.3 is 4.74 Å². The van der Waals surface area contributed by atoms with Crippen molar-refractivity contribution in [1.29, 1.82) is 0 Å². The third kappa shape index (κ3) is 5.81. The molecule has 2 aromatic carbocycles. The molecule has 1 atom stereocenters. The quantitative estimate of drug-likeness (QED) is 0.576. The maximum Gasteiger partial charge on any atom is 0.126 e. The highest BCUT2D eigenvalue weighted by molar-refractivity contribution is 7.98. The van der Waals surface area contributed by atoms with Gasteiger partial charge in [0.15, 0.2) is 0 Å². The predicted octanol–water partition coefficient (Wildman–Crippen LogP) is 6.13. The summed E-state index contributed by atoms with van der Waals surface area (Å²) in [5, 5.41) is 0.539. The zero-order valence-electron chi connectivity index (χ0n) is 15.7. The molecule has 1 N–H and O–H groups in total. The van der Waals surface area contributed by atoms with Crippen molar-refractivity contribution < 1.29 is 13.5 Å². The van der Waals surface area contributed by atoms with Crippen LogP contribution in [0, 0.1) is 11.6 Å². The van der Waals surface area contributed by atoms with Crippen LogP contribution in [0.3, 0.4) is 0 Å². The average Bonchev–Trinajstić information content (AvgIpc) is 2.65. The summed E-state index contributed by atoms with van der Waals surface area (Å²) in [6.07, 6.45) is 5.75. The Morgan fingerprint density at radius 2 is 1.81 bits per heavy atom. The minimum atomic E-state index is -0.592. The summed E-state index contributed by atoms with van der Waals surface area (Å²) in [7, 11) is 0. The maximum absolute atomic E-state index is 13.3. The minimum Gasteiger partial charge on any atom is -0.489 e. The van der Waals surface area contributed by atoms with Gasteiger partial charge in [-0.2, -0.15) is 0 Å². The van der Waals surface area contributed by atoms with E-state index in [2.05, 4.69) is 24.6 Å². The van der Waals surface area contributed by atoms with Crippen LogP contribution in [0.5, 0.6) is 5.75 Å². The van der Waals surface area contributed by atoms with Crippen LogP contribution in [0.15, 0.2) is 48.5 Å². The van der Waals surface area contributed by atoms with Crippen molar-refractivity contribution in [2.75, 3.05) is 0 Å². The highest BCUT2D eigenvalue weighted by Crippen LogP contribution is 2.30. The Morgan fingerprint density at radius 1 is 1.11 bits per heavy atom. The molecule has 1 unspecified atom stereocenters. The summed E-state index contributed by atoms with van der Waals surface area (Å²) >= 11 is 1.77. The first-order chi connectivity index (χ1) is 13.0. The summed E-state index contributed by atoms with van der Waals surface area (Å²) in [5.74, 6) is -0.502. The van der Waals surface area contributed by atoms with E-state index in [4.69, 9.17) is 4.74 Å². The molecule has 0 saturated heterocycles. The smallest absolute Gasteiger partial charge is 0.126 e. The zero-order chi connectivity index (χ0) is 19.2. The largest absolute Gasteiger partial charge is 0.489 e.